The summed E-state index contributed by atoms with van der Waals surface area (Å²) in [6, 6.07) is 0. The van der Waals surface area contributed by atoms with Gasteiger partial charge in [-0.2, -0.15) is 0 Å². The van der Waals surface area contributed by atoms with Crippen molar-refractivity contribution in [3.05, 3.63) is 0 Å². The highest BCUT2D eigenvalue weighted by Crippen LogP contribution is 2.33. The van der Waals surface area contributed by atoms with E-state index < -0.39 is 5.97 Å². The topological polar surface area (TPSA) is 37.3 Å². The third-order valence-corrected chi connectivity index (χ3v) is 3.65. The van der Waals surface area contributed by atoms with Crippen molar-refractivity contribution in [2.75, 3.05) is 0 Å². The van der Waals surface area contributed by atoms with E-state index in [1.54, 1.807) is 0 Å². The molecule has 1 aliphatic rings. The predicted molar refractivity (Wildman–Crippen MR) is 73.2 cm³/mol. The number of unbranched alkanes of at least 4 members (excludes halogenated alkanes) is 2. The normalized spacial score (nSPS) is 23.7. The standard InChI is InChI=1S/C11H20O2.C4H10/c1-2-3-6-9-7-4-5-8-10(9)11(12)13;1-3-4-2/h9-10H,2-8H2,1H3,(H,12,13);3-4H2,1-2H3. The zero-order valence-corrected chi connectivity index (χ0v) is 11.9. The third-order valence-electron chi connectivity index (χ3n) is 3.65. The fraction of sp³-hybridized carbons (Fsp3) is 0.933. The van der Waals surface area contributed by atoms with Gasteiger partial charge in [-0.15, -0.1) is 0 Å². The van der Waals surface area contributed by atoms with Gasteiger partial charge in [0, 0.05) is 0 Å². The molecule has 2 unspecified atom stereocenters. The lowest BCUT2D eigenvalue weighted by molar-refractivity contribution is -0.145. The molecule has 1 fully saturated rings. The van der Waals surface area contributed by atoms with Crippen LogP contribution in [0.25, 0.3) is 0 Å². The summed E-state index contributed by atoms with van der Waals surface area (Å²) in [7, 11) is 0. The monoisotopic (exact) mass is 242 g/mol. The average molecular weight is 242 g/mol. The van der Waals surface area contributed by atoms with E-state index in [-0.39, 0.29) is 5.92 Å². The maximum Gasteiger partial charge on any atom is 0.306 e. The molecular formula is C15H30O2. The maximum atomic E-state index is 10.9. The van der Waals surface area contributed by atoms with Gasteiger partial charge in [-0.3, -0.25) is 4.79 Å². The van der Waals surface area contributed by atoms with Crippen molar-refractivity contribution < 1.29 is 9.90 Å². The molecule has 0 saturated heterocycles. The van der Waals surface area contributed by atoms with E-state index in [1.165, 1.54) is 32.1 Å². The first kappa shape index (κ1) is 16.5. The van der Waals surface area contributed by atoms with Crippen LogP contribution < -0.4 is 0 Å². The lowest BCUT2D eigenvalue weighted by Crippen LogP contribution is -2.26. The fourth-order valence-corrected chi connectivity index (χ4v) is 2.34. The highest BCUT2D eigenvalue weighted by molar-refractivity contribution is 5.70. The number of hydrogen-bond acceptors (Lipinski definition) is 1. The second kappa shape index (κ2) is 10.6. The highest BCUT2D eigenvalue weighted by atomic mass is 16.4. The Morgan fingerprint density at radius 2 is 1.65 bits per heavy atom. The van der Waals surface area contributed by atoms with E-state index in [0.29, 0.717) is 5.92 Å². The third kappa shape index (κ3) is 7.40. The smallest absolute Gasteiger partial charge is 0.306 e. The molecule has 0 aromatic carbocycles. The number of aliphatic carboxylic acids is 1. The quantitative estimate of drug-likeness (QED) is 0.746. The molecule has 2 atom stereocenters. The van der Waals surface area contributed by atoms with Gasteiger partial charge in [0.05, 0.1) is 5.92 Å². The van der Waals surface area contributed by atoms with Crippen LogP contribution in [0.5, 0.6) is 0 Å². The van der Waals surface area contributed by atoms with Crippen molar-refractivity contribution >= 4 is 5.97 Å². The molecule has 0 spiro atoms. The van der Waals surface area contributed by atoms with Gasteiger partial charge >= 0.3 is 5.97 Å². The Morgan fingerprint density at radius 3 is 2.12 bits per heavy atom. The van der Waals surface area contributed by atoms with E-state index >= 15 is 0 Å². The van der Waals surface area contributed by atoms with Crippen molar-refractivity contribution in [3.8, 4) is 0 Å². The minimum atomic E-state index is -0.569. The molecule has 0 radical (unpaired) electrons. The summed E-state index contributed by atoms with van der Waals surface area (Å²) in [6.45, 7) is 6.53. The van der Waals surface area contributed by atoms with Crippen LogP contribution in [-0.2, 0) is 4.79 Å². The molecule has 0 aromatic rings. The first-order valence-corrected chi connectivity index (χ1v) is 7.40. The van der Waals surface area contributed by atoms with Gasteiger partial charge in [0.2, 0.25) is 0 Å². The van der Waals surface area contributed by atoms with E-state index in [4.69, 9.17) is 5.11 Å². The van der Waals surface area contributed by atoms with E-state index in [2.05, 4.69) is 20.8 Å². The molecule has 0 aliphatic heterocycles. The molecule has 1 rings (SSSR count). The first-order valence-electron chi connectivity index (χ1n) is 7.40. The van der Waals surface area contributed by atoms with Gasteiger partial charge in [-0.05, 0) is 25.2 Å². The largest absolute Gasteiger partial charge is 0.481 e. The Balaban J connectivity index is 0.000000557. The molecule has 1 saturated carbocycles. The SMILES string of the molecule is CCCC.CCCCC1CCCCC1C(=O)O. The summed E-state index contributed by atoms with van der Waals surface area (Å²) < 4.78 is 0. The summed E-state index contributed by atoms with van der Waals surface area (Å²) >= 11 is 0. The summed E-state index contributed by atoms with van der Waals surface area (Å²) in [5.74, 6) is -0.146. The predicted octanol–water partition coefficient (Wildman–Crippen LogP) is 4.87. The first-order chi connectivity index (χ1) is 8.17. The Bertz CT molecular complexity index is 187. The molecule has 1 aliphatic carbocycles. The van der Waals surface area contributed by atoms with Crippen molar-refractivity contribution in [2.24, 2.45) is 11.8 Å². The highest BCUT2D eigenvalue weighted by Gasteiger charge is 2.29. The van der Waals surface area contributed by atoms with Crippen LogP contribution >= 0.6 is 0 Å². The molecule has 0 bridgehead atoms. The second-order valence-corrected chi connectivity index (χ2v) is 5.13. The Kier molecular flexibility index (Phi) is 10.3. The van der Waals surface area contributed by atoms with Crippen LogP contribution in [0.1, 0.15) is 78.6 Å². The molecule has 0 amide bonds. The zero-order chi connectivity index (χ0) is 13.1. The Morgan fingerprint density at radius 1 is 1.06 bits per heavy atom. The van der Waals surface area contributed by atoms with Crippen LogP contribution in [0.15, 0.2) is 0 Å². The molecule has 102 valence electrons. The Labute approximate surface area is 107 Å². The molecule has 0 aromatic heterocycles. The second-order valence-electron chi connectivity index (χ2n) is 5.13. The molecule has 2 nitrogen and oxygen atoms in total. The van der Waals surface area contributed by atoms with E-state index in [0.717, 1.165) is 25.7 Å². The number of carboxylic acids is 1. The van der Waals surface area contributed by atoms with Crippen LogP contribution in [0.4, 0.5) is 0 Å². The van der Waals surface area contributed by atoms with Crippen molar-refractivity contribution in [2.45, 2.75) is 78.6 Å². The lowest BCUT2D eigenvalue weighted by atomic mass is 9.77. The maximum absolute atomic E-state index is 10.9. The average Bonchev–Trinajstić information content (AvgIpc) is 2.36. The van der Waals surface area contributed by atoms with Gasteiger partial charge in [-0.25, -0.2) is 0 Å². The Hall–Kier alpha value is -0.530. The van der Waals surface area contributed by atoms with Gasteiger partial charge in [0.1, 0.15) is 0 Å². The van der Waals surface area contributed by atoms with Crippen molar-refractivity contribution in [1.82, 2.24) is 0 Å². The number of hydrogen-bond donors (Lipinski definition) is 1. The minimum absolute atomic E-state index is 0.0414. The van der Waals surface area contributed by atoms with Crippen LogP contribution in [0.2, 0.25) is 0 Å². The molecule has 2 heteroatoms. The number of carbonyl (C=O) groups is 1. The zero-order valence-electron chi connectivity index (χ0n) is 11.9. The van der Waals surface area contributed by atoms with Crippen LogP contribution in [0.3, 0.4) is 0 Å². The van der Waals surface area contributed by atoms with Gasteiger partial charge in [0.25, 0.3) is 0 Å². The summed E-state index contributed by atoms with van der Waals surface area (Å²) in [5.41, 5.74) is 0. The van der Waals surface area contributed by atoms with Crippen molar-refractivity contribution in [3.63, 3.8) is 0 Å². The van der Waals surface area contributed by atoms with Crippen LogP contribution in [0, 0.1) is 11.8 Å². The van der Waals surface area contributed by atoms with Gasteiger partial charge in [-0.1, -0.05) is 59.3 Å². The molecular weight excluding hydrogens is 212 g/mol. The molecule has 1 N–H and O–H groups in total. The number of carboxylic acid groups (broad SMARTS) is 1. The van der Waals surface area contributed by atoms with E-state index in [9.17, 15) is 4.79 Å². The lowest BCUT2D eigenvalue weighted by Gasteiger charge is -2.28. The summed E-state index contributed by atoms with van der Waals surface area (Å²) in [6.07, 6.45) is 10.5. The molecule has 17 heavy (non-hydrogen) atoms. The summed E-state index contributed by atoms with van der Waals surface area (Å²) in [4.78, 5) is 10.9. The van der Waals surface area contributed by atoms with Crippen molar-refractivity contribution in [1.29, 1.82) is 0 Å². The molecule has 0 heterocycles. The van der Waals surface area contributed by atoms with Crippen LogP contribution in [-0.4, -0.2) is 11.1 Å². The van der Waals surface area contributed by atoms with Gasteiger partial charge in [0.15, 0.2) is 0 Å². The van der Waals surface area contributed by atoms with E-state index in [1.807, 2.05) is 0 Å². The minimum Gasteiger partial charge on any atom is -0.481 e. The number of rotatable bonds is 5. The summed E-state index contributed by atoms with van der Waals surface area (Å²) in [5, 5.41) is 9.01. The fourth-order valence-electron chi connectivity index (χ4n) is 2.34. The van der Waals surface area contributed by atoms with Gasteiger partial charge < -0.3 is 5.11 Å².